The highest BCUT2D eigenvalue weighted by atomic mass is 35.5. The molecule has 7 heteroatoms. The number of ketones is 1. The van der Waals surface area contributed by atoms with E-state index in [0.717, 1.165) is 5.56 Å². The van der Waals surface area contributed by atoms with Crippen molar-refractivity contribution >= 4 is 29.1 Å². The lowest BCUT2D eigenvalue weighted by atomic mass is 9.80. The van der Waals surface area contributed by atoms with Gasteiger partial charge in [-0.15, -0.1) is 0 Å². The van der Waals surface area contributed by atoms with Gasteiger partial charge in [0.1, 0.15) is 18.2 Å². The number of nitrogens with one attached hydrogen (secondary N) is 1. The fourth-order valence-electron chi connectivity index (χ4n) is 4.74. The average Bonchev–Trinajstić information content (AvgIpc) is 3.14. The number of rotatable bonds is 6. The molecule has 1 heterocycles. The molecular weight excluding hydrogens is 481 g/mol. The van der Waals surface area contributed by atoms with Crippen molar-refractivity contribution in [1.82, 2.24) is 5.32 Å². The fourth-order valence-corrected chi connectivity index (χ4v) is 4.99. The molecule has 1 N–H and O–H groups in total. The molecule has 0 spiro atoms. The van der Waals surface area contributed by atoms with E-state index in [-0.39, 0.29) is 24.8 Å². The monoisotopic (exact) mass is 503 g/mol. The summed E-state index contributed by atoms with van der Waals surface area (Å²) in [4.78, 5) is 26.6. The van der Waals surface area contributed by atoms with Gasteiger partial charge in [-0.3, -0.25) is 4.79 Å². The number of carbonyl (C=O) groups is 2. The smallest absolute Gasteiger partial charge is 0.336 e. The molecule has 1 aliphatic heterocycles. The van der Waals surface area contributed by atoms with Crippen LogP contribution in [0.3, 0.4) is 0 Å². The summed E-state index contributed by atoms with van der Waals surface area (Å²) in [5, 5.41) is 3.59. The van der Waals surface area contributed by atoms with E-state index >= 15 is 0 Å². The van der Waals surface area contributed by atoms with Gasteiger partial charge in [-0.2, -0.15) is 0 Å². The molecule has 0 unspecified atom stereocenters. The summed E-state index contributed by atoms with van der Waals surface area (Å²) in [6, 6.07) is 18.7. The molecule has 5 rings (SSSR count). The SMILES string of the molecule is CCOC(=O)C1=C(C)NC2=C(C(=O)c3ccccc32)[C@@H]1c1ccc(OCc2cccc(F)c2)c(Cl)c1. The van der Waals surface area contributed by atoms with Crippen molar-refractivity contribution in [2.24, 2.45) is 0 Å². The van der Waals surface area contributed by atoms with E-state index in [1.807, 2.05) is 18.2 Å². The van der Waals surface area contributed by atoms with Gasteiger partial charge in [-0.05, 0) is 49.2 Å². The molecule has 0 saturated carbocycles. The second kappa shape index (κ2) is 9.63. The Balaban J connectivity index is 1.54. The van der Waals surface area contributed by atoms with Crippen molar-refractivity contribution in [2.45, 2.75) is 26.4 Å². The highest BCUT2D eigenvalue weighted by Gasteiger charge is 2.43. The molecule has 36 heavy (non-hydrogen) atoms. The molecule has 3 aromatic rings. The van der Waals surface area contributed by atoms with E-state index in [9.17, 15) is 14.0 Å². The standard InChI is InChI=1S/C29H23ClFNO4/c1-3-35-29(34)24-16(2)32-27-20-9-4-5-10-21(20)28(33)26(27)25(24)18-11-12-23(22(30)14-18)36-15-17-7-6-8-19(31)13-17/h4-14,25,32H,3,15H2,1-2H3/t25-/m1/s1. The van der Waals surface area contributed by atoms with E-state index in [1.54, 1.807) is 50.2 Å². The number of hydrogen-bond donors (Lipinski definition) is 1. The first-order chi connectivity index (χ1) is 17.4. The van der Waals surface area contributed by atoms with Crippen molar-refractivity contribution < 1.29 is 23.5 Å². The summed E-state index contributed by atoms with van der Waals surface area (Å²) in [5.74, 6) is -1.24. The Labute approximate surface area is 213 Å². The molecule has 2 aliphatic rings. The van der Waals surface area contributed by atoms with E-state index in [2.05, 4.69) is 5.32 Å². The number of ether oxygens (including phenoxy) is 2. The average molecular weight is 504 g/mol. The molecule has 0 saturated heterocycles. The number of benzene rings is 3. The Morgan fingerprint density at radius 1 is 1.06 bits per heavy atom. The van der Waals surface area contributed by atoms with Gasteiger partial charge < -0.3 is 14.8 Å². The highest BCUT2D eigenvalue weighted by molar-refractivity contribution is 6.32. The first kappa shape index (κ1) is 23.8. The van der Waals surface area contributed by atoms with Crippen molar-refractivity contribution in [3.63, 3.8) is 0 Å². The number of halogens is 2. The maximum absolute atomic E-state index is 13.5. The topological polar surface area (TPSA) is 64.6 Å². The van der Waals surface area contributed by atoms with E-state index in [4.69, 9.17) is 21.1 Å². The zero-order valence-electron chi connectivity index (χ0n) is 19.7. The number of fused-ring (bicyclic) bond motifs is 2. The van der Waals surface area contributed by atoms with E-state index < -0.39 is 11.9 Å². The summed E-state index contributed by atoms with van der Waals surface area (Å²) < 4.78 is 24.7. The minimum Gasteiger partial charge on any atom is -0.487 e. The third-order valence-corrected chi connectivity index (χ3v) is 6.61. The zero-order valence-corrected chi connectivity index (χ0v) is 20.5. The normalized spacial score (nSPS) is 16.4. The van der Waals surface area contributed by atoms with Crippen molar-refractivity contribution in [3.8, 4) is 5.75 Å². The van der Waals surface area contributed by atoms with Crippen LogP contribution < -0.4 is 10.1 Å². The molecule has 3 aromatic carbocycles. The molecule has 0 amide bonds. The van der Waals surface area contributed by atoms with Crippen LogP contribution in [0, 0.1) is 5.82 Å². The van der Waals surface area contributed by atoms with Gasteiger partial charge in [-0.1, -0.05) is 54.1 Å². The van der Waals surface area contributed by atoms with Gasteiger partial charge in [0.15, 0.2) is 5.78 Å². The molecule has 0 radical (unpaired) electrons. The highest BCUT2D eigenvalue weighted by Crippen LogP contribution is 2.47. The zero-order chi connectivity index (χ0) is 25.4. The number of Topliss-reactive ketones (excluding diaryl/α,β-unsaturated/α-hetero) is 1. The van der Waals surface area contributed by atoms with Gasteiger partial charge in [0.2, 0.25) is 0 Å². The van der Waals surface area contributed by atoms with E-state index in [0.29, 0.717) is 50.0 Å². The Morgan fingerprint density at radius 3 is 2.56 bits per heavy atom. The van der Waals surface area contributed by atoms with Gasteiger partial charge in [0.25, 0.3) is 0 Å². The molecule has 1 atom stereocenters. The lowest BCUT2D eigenvalue weighted by molar-refractivity contribution is -0.138. The van der Waals surface area contributed by atoms with Crippen LogP contribution in [-0.4, -0.2) is 18.4 Å². The van der Waals surface area contributed by atoms with Gasteiger partial charge in [0, 0.05) is 28.3 Å². The van der Waals surface area contributed by atoms with Crippen LogP contribution in [0.2, 0.25) is 5.02 Å². The molecule has 0 fully saturated rings. The number of dihydropyridines is 1. The first-order valence-corrected chi connectivity index (χ1v) is 12.0. The summed E-state index contributed by atoms with van der Waals surface area (Å²) >= 11 is 6.59. The Kier molecular flexibility index (Phi) is 6.37. The Hall–Kier alpha value is -3.90. The van der Waals surface area contributed by atoms with Crippen molar-refractivity contribution in [2.75, 3.05) is 6.61 Å². The van der Waals surface area contributed by atoms with Gasteiger partial charge >= 0.3 is 5.97 Å². The van der Waals surface area contributed by atoms with E-state index in [1.165, 1.54) is 12.1 Å². The van der Waals surface area contributed by atoms with Gasteiger partial charge in [-0.25, -0.2) is 9.18 Å². The van der Waals surface area contributed by atoms with Gasteiger partial charge in [0.05, 0.1) is 22.9 Å². The minimum atomic E-state index is -0.671. The second-order valence-electron chi connectivity index (χ2n) is 8.59. The molecule has 0 bridgehead atoms. The minimum absolute atomic E-state index is 0.139. The van der Waals surface area contributed by atoms with Crippen LogP contribution in [-0.2, 0) is 16.1 Å². The fraction of sp³-hybridized carbons (Fsp3) is 0.172. The molecule has 5 nitrogen and oxygen atoms in total. The molecule has 182 valence electrons. The summed E-state index contributed by atoms with van der Waals surface area (Å²) in [7, 11) is 0. The lowest BCUT2D eigenvalue weighted by Crippen LogP contribution is -2.29. The number of hydrogen-bond acceptors (Lipinski definition) is 5. The van der Waals surface area contributed by atoms with Crippen molar-refractivity contribution in [3.05, 3.63) is 117 Å². The summed E-state index contributed by atoms with van der Waals surface area (Å²) in [6.07, 6.45) is 0. The maximum atomic E-state index is 13.5. The van der Waals surface area contributed by atoms with Crippen LogP contribution in [0.15, 0.2) is 83.6 Å². The van der Waals surface area contributed by atoms with Crippen LogP contribution >= 0.6 is 11.6 Å². The number of allylic oxidation sites excluding steroid dienone is 2. The van der Waals surface area contributed by atoms with Crippen LogP contribution in [0.5, 0.6) is 5.75 Å². The predicted molar refractivity (Wildman–Crippen MR) is 135 cm³/mol. The predicted octanol–water partition coefficient (Wildman–Crippen LogP) is 6.19. The quantitative estimate of drug-likeness (QED) is 0.406. The first-order valence-electron chi connectivity index (χ1n) is 11.6. The Bertz CT molecular complexity index is 1460. The van der Waals surface area contributed by atoms with Crippen LogP contribution in [0.1, 0.15) is 46.8 Å². The third-order valence-electron chi connectivity index (χ3n) is 6.32. The number of carbonyl (C=O) groups excluding carboxylic acids is 2. The second-order valence-corrected chi connectivity index (χ2v) is 9.00. The number of esters is 1. The maximum Gasteiger partial charge on any atom is 0.336 e. The largest absolute Gasteiger partial charge is 0.487 e. The lowest BCUT2D eigenvalue weighted by Gasteiger charge is -2.29. The van der Waals surface area contributed by atoms with Crippen molar-refractivity contribution in [1.29, 1.82) is 0 Å². The molecule has 0 aromatic heterocycles. The molecular formula is C29H23ClFNO4. The van der Waals surface area contributed by atoms with Crippen LogP contribution in [0.25, 0.3) is 5.70 Å². The Morgan fingerprint density at radius 2 is 1.83 bits per heavy atom. The summed E-state index contributed by atoms with van der Waals surface area (Å²) in [6.45, 7) is 3.88. The summed E-state index contributed by atoms with van der Waals surface area (Å²) in [5.41, 5.74) is 4.86. The molecule has 1 aliphatic carbocycles. The third kappa shape index (κ3) is 4.18. The van der Waals surface area contributed by atoms with Crippen LogP contribution in [0.4, 0.5) is 4.39 Å².